The molecule has 8 nitrogen and oxygen atoms in total. The van der Waals surface area contributed by atoms with Gasteiger partial charge in [0.05, 0.1) is 11.5 Å². The second kappa shape index (κ2) is 5.79. The van der Waals surface area contributed by atoms with Gasteiger partial charge in [-0.2, -0.15) is 0 Å². The Morgan fingerprint density at radius 1 is 1.36 bits per heavy atom. The third-order valence-corrected chi connectivity index (χ3v) is 4.76. The number of rotatable bonds is 4. The molecule has 1 unspecified atom stereocenters. The molecule has 3 heterocycles. The molecule has 0 aliphatic carbocycles. The smallest absolute Gasteiger partial charge is 0.325 e. The summed E-state index contributed by atoms with van der Waals surface area (Å²) < 4.78 is 11.0. The average Bonchev–Trinajstić information content (AvgIpc) is 2.92. The lowest BCUT2D eigenvalue weighted by Crippen LogP contribution is -2.22. The van der Waals surface area contributed by atoms with Crippen LogP contribution in [0.5, 0.6) is 0 Å². The predicted octanol–water partition coefficient (Wildman–Crippen LogP) is 0.712. The van der Waals surface area contributed by atoms with Crippen LogP contribution in [0, 0.1) is 5.92 Å². The van der Waals surface area contributed by atoms with Crippen molar-refractivity contribution in [3.63, 3.8) is 0 Å². The van der Waals surface area contributed by atoms with Crippen molar-refractivity contribution in [1.29, 1.82) is 0 Å². The van der Waals surface area contributed by atoms with Crippen molar-refractivity contribution in [2.75, 3.05) is 24.2 Å². The van der Waals surface area contributed by atoms with E-state index in [-0.39, 0.29) is 17.6 Å². The number of nitrogens with zero attached hydrogens (tertiary/aromatic N) is 3. The van der Waals surface area contributed by atoms with Crippen LogP contribution in [0.2, 0.25) is 0 Å². The molecule has 22 heavy (non-hydrogen) atoms. The molecule has 1 aliphatic heterocycles. The standard InChI is InChI=1S/C13H17N4O4P/c18-11-2-1-10-12(16-11)14-8-15-13(10)17-5-3-9(7-17)4-6-22(19,20)21/h1-2,8-9H,3-7H2,(H2,19,20,21)(H,14,15,16,18). The first-order chi connectivity index (χ1) is 10.4. The summed E-state index contributed by atoms with van der Waals surface area (Å²) in [5.41, 5.74) is 0.286. The Kier molecular flexibility index (Phi) is 3.99. The van der Waals surface area contributed by atoms with E-state index in [1.54, 1.807) is 6.07 Å². The number of aromatic amines is 1. The van der Waals surface area contributed by atoms with E-state index in [2.05, 4.69) is 19.9 Å². The third kappa shape index (κ3) is 3.35. The van der Waals surface area contributed by atoms with E-state index >= 15 is 0 Å². The maximum atomic E-state index is 11.3. The zero-order valence-electron chi connectivity index (χ0n) is 11.8. The highest BCUT2D eigenvalue weighted by atomic mass is 31.2. The summed E-state index contributed by atoms with van der Waals surface area (Å²) in [6.45, 7) is 1.47. The molecule has 2 aromatic heterocycles. The molecule has 0 radical (unpaired) electrons. The van der Waals surface area contributed by atoms with Crippen molar-refractivity contribution in [1.82, 2.24) is 15.0 Å². The molecule has 3 rings (SSSR count). The predicted molar refractivity (Wildman–Crippen MR) is 82.0 cm³/mol. The van der Waals surface area contributed by atoms with E-state index in [0.717, 1.165) is 24.2 Å². The molecule has 3 N–H and O–H groups in total. The Hall–Kier alpha value is -1.76. The number of fused-ring (bicyclic) bond motifs is 1. The first kappa shape index (κ1) is 15.1. The SMILES string of the molecule is O=c1ccc2c(N3CCC(CCP(=O)(O)O)C3)ncnc2[nH]1. The summed E-state index contributed by atoms with van der Waals surface area (Å²) >= 11 is 0. The van der Waals surface area contributed by atoms with Crippen LogP contribution in [0.25, 0.3) is 11.0 Å². The highest BCUT2D eigenvalue weighted by Gasteiger charge is 2.27. The van der Waals surface area contributed by atoms with Gasteiger partial charge >= 0.3 is 7.60 Å². The second-order valence-corrected chi connectivity index (χ2v) is 7.34. The molecule has 1 atom stereocenters. The van der Waals surface area contributed by atoms with Crippen molar-refractivity contribution in [2.45, 2.75) is 12.8 Å². The van der Waals surface area contributed by atoms with Gasteiger partial charge in [-0.25, -0.2) is 9.97 Å². The fourth-order valence-electron chi connectivity index (χ4n) is 2.82. The van der Waals surface area contributed by atoms with Gasteiger partial charge in [-0.3, -0.25) is 9.36 Å². The summed E-state index contributed by atoms with van der Waals surface area (Å²) in [5.74, 6) is 0.986. The topological polar surface area (TPSA) is 119 Å². The Balaban J connectivity index is 1.78. The molecular weight excluding hydrogens is 307 g/mol. The normalized spacial score (nSPS) is 19.0. The quantitative estimate of drug-likeness (QED) is 0.709. The summed E-state index contributed by atoms with van der Waals surface area (Å²) in [4.78, 5) is 42.4. The van der Waals surface area contributed by atoms with Gasteiger partial charge in [0.15, 0.2) is 0 Å². The molecule has 9 heteroatoms. The van der Waals surface area contributed by atoms with Gasteiger partial charge in [0.25, 0.3) is 0 Å². The van der Waals surface area contributed by atoms with Crippen LogP contribution in [0.15, 0.2) is 23.3 Å². The number of hydrogen-bond donors (Lipinski definition) is 3. The van der Waals surface area contributed by atoms with Crippen LogP contribution < -0.4 is 10.5 Å². The van der Waals surface area contributed by atoms with Crippen molar-refractivity contribution in [3.05, 3.63) is 28.8 Å². The highest BCUT2D eigenvalue weighted by molar-refractivity contribution is 7.51. The summed E-state index contributed by atoms with van der Waals surface area (Å²) in [6, 6.07) is 3.14. The Morgan fingerprint density at radius 3 is 2.95 bits per heavy atom. The number of pyridine rings is 1. The van der Waals surface area contributed by atoms with E-state index in [4.69, 9.17) is 9.79 Å². The molecular formula is C13H17N4O4P. The Labute approximate surface area is 126 Å². The largest absolute Gasteiger partial charge is 0.356 e. The lowest BCUT2D eigenvalue weighted by atomic mass is 10.1. The fourth-order valence-corrected chi connectivity index (χ4v) is 3.52. The maximum Gasteiger partial charge on any atom is 0.325 e. The van der Waals surface area contributed by atoms with E-state index in [1.807, 2.05) is 0 Å². The number of aromatic nitrogens is 3. The first-order valence-electron chi connectivity index (χ1n) is 7.06. The lowest BCUT2D eigenvalue weighted by Gasteiger charge is -2.19. The van der Waals surface area contributed by atoms with Crippen molar-refractivity contribution >= 4 is 24.4 Å². The van der Waals surface area contributed by atoms with Gasteiger partial charge in [0.1, 0.15) is 17.8 Å². The van der Waals surface area contributed by atoms with Crippen molar-refractivity contribution in [3.8, 4) is 0 Å². The highest BCUT2D eigenvalue weighted by Crippen LogP contribution is 2.38. The molecule has 1 aliphatic rings. The summed E-state index contributed by atoms with van der Waals surface area (Å²) in [6.07, 6.45) is 2.70. The van der Waals surface area contributed by atoms with Gasteiger partial charge in [0.2, 0.25) is 5.56 Å². The van der Waals surface area contributed by atoms with Gasteiger partial charge in [0, 0.05) is 19.2 Å². The van der Waals surface area contributed by atoms with Crippen LogP contribution in [0.1, 0.15) is 12.8 Å². The van der Waals surface area contributed by atoms with E-state index in [1.165, 1.54) is 12.4 Å². The summed E-state index contributed by atoms with van der Waals surface area (Å²) in [7, 11) is -3.94. The molecule has 118 valence electrons. The second-order valence-electron chi connectivity index (χ2n) is 5.56. The molecule has 1 saturated heterocycles. The molecule has 0 aromatic carbocycles. The van der Waals surface area contributed by atoms with Crippen LogP contribution >= 0.6 is 7.60 Å². The van der Waals surface area contributed by atoms with Crippen molar-refractivity contribution in [2.24, 2.45) is 5.92 Å². The average molecular weight is 324 g/mol. The van der Waals surface area contributed by atoms with E-state index in [9.17, 15) is 9.36 Å². The molecule has 0 amide bonds. The van der Waals surface area contributed by atoms with Gasteiger partial charge in [-0.1, -0.05) is 0 Å². The van der Waals surface area contributed by atoms with Crippen LogP contribution in [0.4, 0.5) is 5.82 Å². The number of H-pyrrole nitrogens is 1. The Morgan fingerprint density at radius 2 is 2.18 bits per heavy atom. The molecule has 0 spiro atoms. The first-order valence-corrected chi connectivity index (χ1v) is 8.86. The van der Waals surface area contributed by atoms with E-state index in [0.29, 0.717) is 18.6 Å². The fraction of sp³-hybridized carbons (Fsp3) is 0.462. The number of nitrogens with one attached hydrogen (secondary N) is 1. The number of hydrogen-bond acceptors (Lipinski definition) is 5. The molecule has 2 aromatic rings. The summed E-state index contributed by atoms with van der Waals surface area (Å²) in [5, 5.41) is 0.776. The van der Waals surface area contributed by atoms with Crippen LogP contribution in [0.3, 0.4) is 0 Å². The maximum absolute atomic E-state index is 11.3. The lowest BCUT2D eigenvalue weighted by molar-refractivity contribution is 0.366. The molecule has 0 saturated carbocycles. The minimum atomic E-state index is -3.94. The minimum Gasteiger partial charge on any atom is -0.356 e. The van der Waals surface area contributed by atoms with Gasteiger partial charge in [-0.05, 0) is 24.8 Å². The van der Waals surface area contributed by atoms with Crippen LogP contribution in [-0.2, 0) is 4.57 Å². The molecule has 0 bridgehead atoms. The zero-order chi connectivity index (χ0) is 15.7. The number of anilines is 1. The van der Waals surface area contributed by atoms with E-state index < -0.39 is 7.60 Å². The third-order valence-electron chi connectivity index (χ3n) is 3.92. The minimum absolute atomic E-state index is 0.0800. The van der Waals surface area contributed by atoms with Gasteiger partial charge in [-0.15, -0.1) is 0 Å². The van der Waals surface area contributed by atoms with Crippen molar-refractivity contribution < 1.29 is 14.4 Å². The molecule has 1 fully saturated rings. The zero-order valence-corrected chi connectivity index (χ0v) is 12.7. The monoisotopic (exact) mass is 324 g/mol. The van der Waals surface area contributed by atoms with Gasteiger partial charge < -0.3 is 19.7 Å². The van der Waals surface area contributed by atoms with Crippen LogP contribution in [-0.4, -0.2) is 44.0 Å². The Bertz CT molecular complexity index is 787.